The molecule has 1 aromatic heterocycles. The molecule has 1 unspecified atom stereocenters. The van der Waals surface area contributed by atoms with Gasteiger partial charge in [-0.1, -0.05) is 23.7 Å². The van der Waals surface area contributed by atoms with E-state index >= 15 is 0 Å². The minimum absolute atomic E-state index is 0.680. The Morgan fingerprint density at radius 2 is 1.85 bits per heavy atom. The largest absolute Gasteiger partial charge is 0.327 e. The summed E-state index contributed by atoms with van der Waals surface area (Å²) in [6.07, 6.45) is 1.67. The zero-order valence-corrected chi connectivity index (χ0v) is 12.7. The Bertz CT molecular complexity index is 809. The molecule has 0 aliphatic carbocycles. The van der Waals surface area contributed by atoms with E-state index in [1.807, 2.05) is 54.1 Å². The zero-order valence-electron chi connectivity index (χ0n) is 11.1. The van der Waals surface area contributed by atoms with Crippen LogP contribution in [-0.2, 0) is 17.8 Å². The summed E-state index contributed by atoms with van der Waals surface area (Å²) in [5.74, 6) is 0.871. The molecule has 0 saturated carbocycles. The quantitative estimate of drug-likeness (QED) is 0.724. The second-order valence-corrected chi connectivity index (χ2v) is 6.42. The molecule has 0 aliphatic heterocycles. The fraction of sp³-hybridized carbons (Fsp3) is 0.133. The molecule has 0 amide bonds. The lowest BCUT2D eigenvalue weighted by Crippen LogP contribution is -1.93. The SMILES string of the molecule is Cn1c(-c2ccc(S(C)=O)cc2)nc2cc(Cl)ccc21. The van der Waals surface area contributed by atoms with E-state index in [2.05, 4.69) is 4.98 Å². The van der Waals surface area contributed by atoms with Gasteiger partial charge in [0, 0.05) is 39.6 Å². The maximum atomic E-state index is 11.4. The third-order valence-corrected chi connectivity index (χ3v) is 4.46. The number of rotatable bonds is 2. The second-order valence-electron chi connectivity index (χ2n) is 4.61. The topological polar surface area (TPSA) is 34.9 Å². The molecule has 0 fully saturated rings. The van der Waals surface area contributed by atoms with Crippen LogP contribution in [0.1, 0.15) is 0 Å². The van der Waals surface area contributed by atoms with E-state index in [9.17, 15) is 4.21 Å². The summed E-state index contributed by atoms with van der Waals surface area (Å²) in [5.41, 5.74) is 2.90. The predicted octanol–water partition coefficient (Wildman–Crippen LogP) is 3.63. The lowest BCUT2D eigenvalue weighted by Gasteiger charge is -2.03. The number of imidazole rings is 1. The Morgan fingerprint density at radius 1 is 1.15 bits per heavy atom. The van der Waals surface area contributed by atoms with Crippen LogP contribution in [0.4, 0.5) is 0 Å². The summed E-state index contributed by atoms with van der Waals surface area (Å²) in [7, 11) is 1.02. The van der Waals surface area contributed by atoms with Crippen LogP contribution >= 0.6 is 11.6 Å². The van der Waals surface area contributed by atoms with Crippen LogP contribution in [0.15, 0.2) is 47.4 Å². The first-order valence-electron chi connectivity index (χ1n) is 6.12. The van der Waals surface area contributed by atoms with Crippen molar-refractivity contribution >= 4 is 33.4 Å². The smallest absolute Gasteiger partial charge is 0.140 e. The number of aromatic nitrogens is 2. The number of aryl methyl sites for hydroxylation is 1. The van der Waals surface area contributed by atoms with Gasteiger partial charge in [-0.2, -0.15) is 0 Å². The Morgan fingerprint density at radius 3 is 2.50 bits per heavy atom. The van der Waals surface area contributed by atoms with Crippen molar-refractivity contribution in [1.82, 2.24) is 9.55 Å². The molecule has 102 valence electrons. The van der Waals surface area contributed by atoms with E-state index in [4.69, 9.17) is 11.6 Å². The minimum Gasteiger partial charge on any atom is -0.327 e. The third kappa shape index (κ3) is 2.25. The van der Waals surface area contributed by atoms with Gasteiger partial charge in [-0.05, 0) is 30.3 Å². The van der Waals surface area contributed by atoms with Crippen molar-refractivity contribution < 1.29 is 4.21 Å². The summed E-state index contributed by atoms with van der Waals surface area (Å²) in [6.45, 7) is 0. The summed E-state index contributed by atoms with van der Waals surface area (Å²) in [6, 6.07) is 13.3. The number of hydrogen-bond donors (Lipinski definition) is 0. The number of nitrogens with zero attached hydrogens (tertiary/aromatic N) is 2. The van der Waals surface area contributed by atoms with E-state index in [1.165, 1.54) is 0 Å². The van der Waals surface area contributed by atoms with Gasteiger partial charge >= 0.3 is 0 Å². The standard InChI is InChI=1S/C15H13ClN2OS/c1-18-14-8-5-11(16)9-13(14)17-15(18)10-3-6-12(7-4-10)20(2)19/h3-9H,1-2H3. The molecule has 20 heavy (non-hydrogen) atoms. The van der Waals surface area contributed by atoms with Crippen LogP contribution in [0, 0.1) is 0 Å². The molecule has 1 heterocycles. The Balaban J connectivity index is 2.14. The molecule has 0 bridgehead atoms. The fourth-order valence-electron chi connectivity index (χ4n) is 2.23. The average molecular weight is 305 g/mol. The summed E-state index contributed by atoms with van der Waals surface area (Å²) in [4.78, 5) is 5.44. The summed E-state index contributed by atoms with van der Waals surface area (Å²) >= 11 is 6.00. The summed E-state index contributed by atoms with van der Waals surface area (Å²) < 4.78 is 13.4. The molecule has 1 atom stereocenters. The Hall–Kier alpha value is -1.65. The van der Waals surface area contributed by atoms with Crippen molar-refractivity contribution in [3.8, 4) is 11.4 Å². The zero-order chi connectivity index (χ0) is 14.3. The third-order valence-electron chi connectivity index (χ3n) is 3.29. The van der Waals surface area contributed by atoms with Crippen molar-refractivity contribution in [2.24, 2.45) is 7.05 Å². The van der Waals surface area contributed by atoms with Gasteiger partial charge in [0.15, 0.2) is 0 Å². The van der Waals surface area contributed by atoms with Crippen molar-refractivity contribution in [2.45, 2.75) is 4.90 Å². The van der Waals surface area contributed by atoms with Crippen LogP contribution < -0.4 is 0 Å². The Labute approximate surface area is 124 Å². The lowest BCUT2D eigenvalue weighted by molar-refractivity contribution is 0.687. The molecule has 0 saturated heterocycles. The van der Waals surface area contributed by atoms with Gasteiger partial charge in [-0.25, -0.2) is 4.98 Å². The number of hydrogen-bond acceptors (Lipinski definition) is 2. The van der Waals surface area contributed by atoms with Crippen molar-refractivity contribution in [3.05, 3.63) is 47.5 Å². The first-order chi connectivity index (χ1) is 9.56. The van der Waals surface area contributed by atoms with Crippen molar-refractivity contribution in [2.75, 3.05) is 6.26 Å². The highest BCUT2D eigenvalue weighted by Crippen LogP contribution is 2.26. The molecule has 3 nitrogen and oxygen atoms in total. The van der Waals surface area contributed by atoms with Gasteiger partial charge in [-0.3, -0.25) is 4.21 Å². The fourth-order valence-corrected chi connectivity index (χ4v) is 2.91. The van der Waals surface area contributed by atoms with E-state index in [1.54, 1.807) is 6.26 Å². The molecular weight excluding hydrogens is 292 g/mol. The highest BCUT2D eigenvalue weighted by atomic mass is 35.5. The van der Waals surface area contributed by atoms with Gasteiger partial charge in [0.05, 0.1) is 11.0 Å². The number of halogens is 1. The maximum Gasteiger partial charge on any atom is 0.140 e. The second kappa shape index (κ2) is 5.04. The van der Waals surface area contributed by atoms with Crippen LogP contribution in [0.3, 0.4) is 0 Å². The van der Waals surface area contributed by atoms with E-state index in [0.29, 0.717) is 5.02 Å². The summed E-state index contributed by atoms with van der Waals surface area (Å²) in [5, 5.41) is 0.680. The first-order valence-corrected chi connectivity index (χ1v) is 8.06. The first kappa shape index (κ1) is 13.3. The van der Waals surface area contributed by atoms with Crippen molar-refractivity contribution in [1.29, 1.82) is 0 Å². The van der Waals surface area contributed by atoms with Crippen LogP contribution in [-0.4, -0.2) is 20.0 Å². The molecule has 2 aromatic carbocycles. The normalized spacial score (nSPS) is 12.8. The minimum atomic E-state index is -0.961. The van der Waals surface area contributed by atoms with Crippen LogP contribution in [0.25, 0.3) is 22.4 Å². The number of benzene rings is 2. The van der Waals surface area contributed by atoms with Crippen molar-refractivity contribution in [3.63, 3.8) is 0 Å². The van der Waals surface area contributed by atoms with Gasteiger partial charge in [0.2, 0.25) is 0 Å². The molecule has 5 heteroatoms. The molecule has 0 N–H and O–H groups in total. The van der Waals surface area contributed by atoms with E-state index in [0.717, 1.165) is 27.3 Å². The highest BCUT2D eigenvalue weighted by Gasteiger charge is 2.10. The monoisotopic (exact) mass is 304 g/mol. The molecule has 3 aromatic rings. The average Bonchev–Trinajstić information content (AvgIpc) is 2.75. The van der Waals surface area contributed by atoms with Gasteiger partial charge in [0.25, 0.3) is 0 Å². The highest BCUT2D eigenvalue weighted by molar-refractivity contribution is 7.84. The Kier molecular flexibility index (Phi) is 3.36. The maximum absolute atomic E-state index is 11.4. The molecule has 3 rings (SSSR count). The number of fused-ring (bicyclic) bond motifs is 1. The van der Waals surface area contributed by atoms with Gasteiger partial charge in [0.1, 0.15) is 5.82 Å². The van der Waals surface area contributed by atoms with Gasteiger partial charge < -0.3 is 4.57 Å². The molecular formula is C15H13ClN2OS. The van der Waals surface area contributed by atoms with E-state index < -0.39 is 10.8 Å². The lowest BCUT2D eigenvalue weighted by atomic mass is 10.2. The predicted molar refractivity (Wildman–Crippen MR) is 83.5 cm³/mol. The molecule has 0 spiro atoms. The van der Waals surface area contributed by atoms with E-state index in [-0.39, 0.29) is 0 Å². The molecule has 0 aliphatic rings. The molecule has 0 radical (unpaired) electrons. The van der Waals surface area contributed by atoms with Gasteiger partial charge in [-0.15, -0.1) is 0 Å². The van der Waals surface area contributed by atoms with Crippen LogP contribution in [0.5, 0.6) is 0 Å². The van der Waals surface area contributed by atoms with Crippen LogP contribution in [0.2, 0.25) is 5.02 Å².